The van der Waals surface area contributed by atoms with Gasteiger partial charge in [-0.25, -0.2) is 9.97 Å². The summed E-state index contributed by atoms with van der Waals surface area (Å²) in [6.07, 6.45) is 6.42. The second-order valence-electron chi connectivity index (χ2n) is 12.0. The monoisotopic (exact) mass is 626 g/mol. The SMILES string of the molecule is C=CC(=O)NC1CCCN(C(C)(C)c2ccnc(C(=O)Nc3ccc(-c4cc5c(N6CCS(=O)CC6)ncnc5[nH]4)cc3)c2)C1. The van der Waals surface area contributed by atoms with Gasteiger partial charge >= 0.3 is 0 Å². The molecule has 2 fully saturated rings. The summed E-state index contributed by atoms with van der Waals surface area (Å²) < 4.78 is 11.8. The molecule has 2 aliphatic heterocycles. The van der Waals surface area contributed by atoms with E-state index in [1.54, 1.807) is 12.5 Å². The first kappa shape index (κ1) is 30.6. The molecule has 0 saturated carbocycles. The fourth-order valence-electron chi connectivity index (χ4n) is 6.09. The molecule has 2 amide bonds. The number of rotatable bonds is 8. The Morgan fingerprint density at radius 1 is 1.07 bits per heavy atom. The molecule has 3 N–H and O–H groups in total. The summed E-state index contributed by atoms with van der Waals surface area (Å²) >= 11 is 0. The highest BCUT2D eigenvalue weighted by Gasteiger charge is 2.33. The van der Waals surface area contributed by atoms with Crippen LogP contribution in [0.1, 0.15) is 42.7 Å². The van der Waals surface area contributed by atoms with Crippen LogP contribution < -0.4 is 15.5 Å². The first-order chi connectivity index (χ1) is 21.7. The second-order valence-corrected chi connectivity index (χ2v) is 13.7. The van der Waals surface area contributed by atoms with E-state index in [1.165, 1.54) is 6.08 Å². The van der Waals surface area contributed by atoms with E-state index in [2.05, 4.69) is 60.8 Å². The number of aromatic amines is 1. The molecule has 45 heavy (non-hydrogen) atoms. The van der Waals surface area contributed by atoms with Gasteiger partial charge in [-0.1, -0.05) is 18.7 Å². The Morgan fingerprint density at radius 3 is 2.60 bits per heavy atom. The number of carbonyl (C=O) groups excluding carboxylic acids is 2. The lowest BCUT2D eigenvalue weighted by molar-refractivity contribution is -0.117. The van der Waals surface area contributed by atoms with Crippen molar-refractivity contribution in [3.05, 3.63) is 78.9 Å². The molecule has 0 radical (unpaired) electrons. The number of nitrogens with zero attached hydrogens (tertiary/aromatic N) is 5. The molecule has 1 aromatic carbocycles. The quantitative estimate of drug-likeness (QED) is 0.251. The van der Waals surface area contributed by atoms with E-state index >= 15 is 0 Å². The Labute approximate surface area is 265 Å². The van der Waals surface area contributed by atoms with Crippen LogP contribution in [0.5, 0.6) is 0 Å². The minimum absolute atomic E-state index is 0.0538. The Bertz CT molecular complexity index is 1740. The third-order valence-electron chi connectivity index (χ3n) is 8.78. The number of H-pyrrole nitrogens is 1. The van der Waals surface area contributed by atoms with Gasteiger partial charge in [0.05, 0.1) is 5.39 Å². The summed E-state index contributed by atoms with van der Waals surface area (Å²) in [4.78, 5) is 46.3. The summed E-state index contributed by atoms with van der Waals surface area (Å²) in [7, 11) is -0.765. The van der Waals surface area contributed by atoms with Crippen LogP contribution in [0, 0.1) is 0 Å². The summed E-state index contributed by atoms with van der Waals surface area (Å²) in [5.74, 6) is 1.69. The van der Waals surface area contributed by atoms with Gasteiger partial charge in [0.15, 0.2) is 0 Å². The van der Waals surface area contributed by atoms with Gasteiger partial charge in [-0.3, -0.25) is 23.7 Å². The molecule has 11 nitrogen and oxygen atoms in total. The molecule has 6 rings (SSSR count). The topological polar surface area (TPSA) is 136 Å². The number of hydrogen-bond acceptors (Lipinski definition) is 8. The van der Waals surface area contributed by atoms with Crippen molar-refractivity contribution >= 4 is 45.2 Å². The number of aromatic nitrogens is 4. The molecule has 3 aromatic heterocycles. The van der Waals surface area contributed by atoms with E-state index in [4.69, 9.17) is 0 Å². The second kappa shape index (κ2) is 12.9. The van der Waals surface area contributed by atoms with Crippen LogP contribution in [0.2, 0.25) is 0 Å². The van der Waals surface area contributed by atoms with Gasteiger partial charge in [0.2, 0.25) is 5.91 Å². The molecule has 2 saturated heterocycles. The molecule has 234 valence electrons. The molecule has 5 heterocycles. The average Bonchev–Trinajstić information content (AvgIpc) is 3.50. The number of pyridine rings is 1. The molecular formula is C33H38N8O3S. The molecule has 4 aromatic rings. The molecular weight excluding hydrogens is 588 g/mol. The predicted octanol–water partition coefficient (Wildman–Crippen LogP) is 3.84. The van der Waals surface area contributed by atoms with Crippen LogP contribution in [0.4, 0.5) is 11.5 Å². The molecule has 1 unspecified atom stereocenters. The van der Waals surface area contributed by atoms with Crippen LogP contribution in [0.3, 0.4) is 0 Å². The van der Waals surface area contributed by atoms with Crippen molar-refractivity contribution in [3.63, 3.8) is 0 Å². The maximum atomic E-state index is 13.3. The normalized spacial score (nSPS) is 18.1. The van der Waals surface area contributed by atoms with Gasteiger partial charge < -0.3 is 20.5 Å². The van der Waals surface area contributed by atoms with E-state index in [0.717, 1.165) is 53.1 Å². The summed E-state index contributed by atoms with van der Waals surface area (Å²) in [5.41, 5.74) is 4.19. The summed E-state index contributed by atoms with van der Waals surface area (Å²) in [6, 6.07) is 13.5. The fourth-order valence-corrected chi connectivity index (χ4v) is 7.15. The van der Waals surface area contributed by atoms with Crippen molar-refractivity contribution in [1.29, 1.82) is 0 Å². The number of nitrogens with one attached hydrogen (secondary N) is 3. The lowest BCUT2D eigenvalue weighted by Crippen LogP contribution is -2.53. The van der Waals surface area contributed by atoms with Crippen LogP contribution >= 0.6 is 0 Å². The standard InChI is InChI=1S/C33H38N8O3S/c1-4-29(42)37-25-6-5-13-41(20-25)33(2,3)23-11-12-34-28(18-23)32(43)38-24-9-7-22(8-10-24)27-19-26-30(39-27)35-21-36-31(26)40-14-16-45(44)17-15-40/h4,7-12,18-19,21,25H,1,5-6,13-17,20H2,2-3H3,(H,37,42)(H,38,43)(H,35,36,39). The molecule has 12 heteroatoms. The van der Waals surface area contributed by atoms with E-state index in [0.29, 0.717) is 42.5 Å². The van der Waals surface area contributed by atoms with Crippen molar-refractivity contribution < 1.29 is 13.8 Å². The number of likely N-dealkylation sites (tertiary alicyclic amines) is 1. The van der Waals surface area contributed by atoms with Gasteiger partial charge in [0, 0.05) is 71.1 Å². The van der Waals surface area contributed by atoms with E-state index < -0.39 is 10.8 Å². The highest BCUT2D eigenvalue weighted by Crippen LogP contribution is 2.32. The third kappa shape index (κ3) is 6.66. The molecule has 1 atom stereocenters. The average molecular weight is 627 g/mol. The highest BCUT2D eigenvalue weighted by molar-refractivity contribution is 7.85. The first-order valence-corrected chi connectivity index (χ1v) is 16.7. The highest BCUT2D eigenvalue weighted by atomic mass is 32.2. The van der Waals surface area contributed by atoms with Crippen LogP contribution in [0.25, 0.3) is 22.3 Å². The Morgan fingerprint density at radius 2 is 1.84 bits per heavy atom. The van der Waals surface area contributed by atoms with Gasteiger partial charge in [0.25, 0.3) is 5.91 Å². The summed E-state index contributed by atoms with van der Waals surface area (Å²) in [6.45, 7) is 10.8. The zero-order valence-corrected chi connectivity index (χ0v) is 26.4. The van der Waals surface area contributed by atoms with E-state index in [1.807, 2.05) is 42.5 Å². The van der Waals surface area contributed by atoms with Gasteiger partial charge in [0.1, 0.15) is 23.5 Å². The minimum atomic E-state index is -0.765. The maximum Gasteiger partial charge on any atom is 0.274 e. The van der Waals surface area contributed by atoms with Crippen molar-refractivity contribution in [1.82, 2.24) is 30.2 Å². The largest absolute Gasteiger partial charge is 0.354 e. The molecule has 0 spiro atoms. The van der Waals surface area contributed by atoms with Crippen molar-refractivity contribution in [2.45, 2.75) is 38.3 Å². The predicted molar refractivity (Wildman–Crippen MR) is 178 cm³/mol. The number of anilines is 2. The number of piperidine rings is 1. The first-order valence-electron chi connectivity index (χ1n) is 15.2. The Kier molecular flexibility index (Phi) is 8.77. The van der Waals surface area contributed by atoms with Crippen LogP contribution in [0.15, 0.2) is 67.6 Å². The Hall–Kier alpha value is -4.42. The van der Waals surface area contributed by atoms with Crippen molar-refractivity contribution in [2.24, 2.45) is 0 Å². The zero-order chi connectivity index (χ0) is 31.6. The van der Waals surface area contributed by atoms with Gasteiger partial charge in [-0.05, 0) is 80.8 Å². The van der Waals surface area contributed by atoms with Gasteiger partial charge in [-0.15, -0.1) is 0 Å². The van der Waals surface area contributed by atoms with E-state index in [-0.39, 0.29) is 23.4 Å². The number of benzene rings is 1. The van der Waals surface area contributed by atoms with Crippen molar-refractivity contribution in [3.8, 4) is 11.3 Å². The smallest absolute Gasteiger partial charge is 0.274 e. The molecule has 0 aliphatic carbocycles. The number of amides is 2. The lowest BCUT2D eigenvalue weighted by Gasteiger charge is -2.44. The van der Waals surface area contributed by atoms with Crippen molar-refractivity contribution in [2.75, 3.05) is 47.9 Å². The van der Waals surface area contributed by atoms with Gasteiger partial charge in [-0.2, -0.15) is 0 Å². The molecule has 2 aliphatic rings. The summed E-state index contributed by atoms with van der Waals surface area (Å²) in [5, 5.41) is 6.92. The number of fused-ring (bicyclic) bond motifs is 1. The minimum Gasteiger partial charge on any atom is -0.354 e. The number of carbonyl (C=O) groups is 2. The number of hydrogen-bond donors (Lipinski definition) is 3. The van der Waals surface area contributed by atoms with Crippen LogP contribution in [-0.4, -0.2) is 84.6 Å². The zero-order valence-electron chi connectivity index (χ0n) is 25.6. The third-order valence-corrected chi connectivity index (χ3v) is 10.1. The Balaban J connectivity index is 1.14. The lowest BCUT2D eigenvalue weighted by atomic mass is 9.89. The fraction of sp³-hybridized carbons (Fsp3) is 0.364. The van der Waals surface area contributed by atoms with Crippen LogP contribution in [-0.2, 0) is 21.1 Å². The van der Waals surface area contributed by atoms with E-state index in [9.17, 15) is 13.8 Å². The maximum absolute atomic E-state index is 13.3. The molecule has 0 bridgehead atoms.